The number of morpholine rings is 1. The van der Waals surface area contributed by atoms with Crippen LogP contribution in [-0.4, -0.2) is 71.2 Å². The van der Waals surface area contributed by atoms with Crippen LogP contribution >= 0.6 is 0 Å². The van der Waals surface area contributed by atoms with Gasteiger partial charge in [-0.3, -0.25) is 14.7 Å². The molecule has 0 radical (unpaired) electrons. The molecule has 1 atom stereocenters. The number of hydrogen-bond donors (Lipinski definition) is 1. The van der Waals surface area contributed by atoms with Gasteiger partial charge in [-0.15, -0.1) is 0 Å². The smallest absolute Gasteiger partial charge is 0.274 e. The van der Waals surface area contributed by atoms with E-state index in [2.05, 4.69) is 10.2 Å². The Labute approximate surface area is 158 Å². The Balaban J connectivity index is 1.43. The molecule has 27 heavy (non-hydrogen) atoms. The maximum Gasteiger partial charge on any atom is 0.274 e. The minimum Gasteiger partial charge on any atom is -0.378 e. The molecular weight excluding hydrogens is 344 g/mol. The molecular formula is C20H24N4O3. The molecule has 7 nitrogen and oxygen atoms in total. The molecule has 1 N–H and O–H groups in total. The molecule has 0 aliphatic carbocycles. The van der Waals surface area contributed by atoms with Crippen LogP contribution in [0.1, 0.15) is 45.3 Å². The number of aromatic nitrogens is 2. The second kappa shape index (κ2) is 7.92. The van der Waals surface area contributed by atoms with Gasteiger partial charge in [0.1, 0.15) is 5.69 Å². The lowest BCUT2D eigenvalue weighted by molar-refractivity contribution is 0.0299. The summed E-state index contributed by atoms with van der Waals surface area (Å²) in [4.78, 5) is 29.0. The topological polar surface area (TPSA) is 78.5 Å². The number of nitrogens with zero attached hydrogens (tertiary/aromatic N) is 3. The van der Waals surface area contributed by atoms with Crippen LogP contribution in [0, 0.1) is 0 Å². The summed E-state index contributed by atoms with van der Waals surface area (Å²) in [5, 5.41) is 7.26. The van der Waals surface area contributed by atoms with Crippen molar-refractivity contribution in [1.82, 2.24) is 20.0 Å². The normalized spacial score (nSPS) is 20.5. The highest BCUT2D eigenvalue weighted by Gasteiger charge is 2.28. The molecule has 4 rings (SSSR count). The maximum absolute atomic E-state index is 12.7. The van der Waals surface area contributed by atoms with Crippen LogP contribution in [0.3, 0.4) is 0 Å². The highest BCUT2D eigenvalue weighted by atomic mass is 16.5. The molecule has 0 bridgehead atoms. The Hall–Kier alpha value is -2.67. The Kier molecular flexibility index (Phi) is 5.20. The first-order valence-electron chi connectivity index (χ1n) is 9.49. The monoisotopic (exact) mass is 368 g/mol. The van der Waals surface area contributed by atoms with Crippen LogP contribution in [0.2, 0.25) is 0 Å². The number of aromatic amines is 1. The van der Waals surface area contributed by atoms with Crippen LogP contribution in [-0.2, 0) is 4.74 Å². The first-order valence-corrected chi connectivity index (χ1v) is 9.49. The van der Waals surface area contributed by atoms with E-state index >= 15 is 0 Å². The number of amides is 2. The fraction of sp³-hybridized carbons (Fsp3) is 0.450. The van der Waals surface area contributed by atoms with Crippen LogP contribution in [0.15, 0.2) is 36.4 Å². The predicted molar refractivity (Wildman–Crippen MR) is 99.6 cm³/mol. The third-order valence-electron chi connectivity index (χ3n) is 5.28. The van der Waals surface area contributed by atoms with Gasteiger partial charge in [0.15, 0.2) is 0 Å². The molecule has 2 aliphatic rings. The average molecular weight is 368 g/mol. The van der Waals surface area contributed by atoms with Gasteiger partial charge in [-0.1, -0.05) is 18.2 Å². The fourth-order valence-corrected chi connectivity index (χ4v) is 3.76. The predicted octanol–water partition coefficient (Wildman–Crippen LogP) is 1.90. The molecule has 0 spiro atoms. The SMILES string of the molecule is O=C(c1ccccc1)N1CCCC(c2cc(C(=O)N3CCOCC3)n[nH]2)C1. The van der Waals surface area contributed by atoms with Gasteiger partial charge in [-0.25, -0.2) is 0 Å². The molecule has 1 unspecified atom stereocenters. The number of hydrogen-bond acceptors (Lipinski definition) is 4. The molecule has 0 saturated carbocycles. The number of ether oxygens (including phenoxy) is 1. The quantitative estimate of drug-likeness (QED) is 0.898. The van der Waals surface area contributed by atoms with Gasteiger partial charge in [0.25, 0.3) is 11.8 Å². The third kappa shape index (κ3) is 3.88. The lowest BCUT2D eigenvalue weighted by Gasteiger charge is -2.32. The highest BCUT2D eigenvalue weighted by molar-refractivity contribution is 5.94. The first kappa shape index (κ1) is 17.7. The van der Waals surface area contributed by atoms with Gasteiger partial charge in [0, 0.05) is 43.4 Å². The van der Waals surface area contributed by atoms with E-state index in [9.17, 15) is 9.59 Å². The van der Waals surface area contributed by atoms with Gasteiger partial charge in [0.05, 0.1) is 13.2 Å². The van der Waals surface area contributed by atoms with Crippen molar-refractivity contribution >= 4 is 11.8 Å². The summed E-state index contributed by atoms with van der Waals surface area (Å²) in [6.45, 7) is 3.75. The number of nitrogens with one attached hydrogen (secondary N) is 1. The van der Waals surface area contributed by atoms with Crippen molar-refractivity contribution < 1.29 is 14.3 Å². The Morgan fingerprint density at radius 3 is 2.59 bits per heavy atom. The number of carbonyl (C=O) groups is 2. The fourth-order valence-electron chi connectivity index (χ4n) is 3.76. The second-order valence-corrected chi connectivity index (χ2v) is 7.07. The minimum atomic E-state index is -0.0613. The van der Waals surface area contributed by atoms with E-state index in [-0.39, 0.29) is 17.7 Å². The summed E-state index contributed by atoms with van der Waals surface area (Å²) >= 11 is 0. The Morgan fingerprint density at radius 2 is 1.81 bits per heavy atom. The molecule has 2 aliphatic heterocycles. The zero-order chi connectivity index (χ0) is 18.6. The van der Waals surface area contributed by atoms with Crippen molar-refractivity contribution in [2.24, 2.45) is 0 Å². The van der Waals surface area contributed by atoms with Gasteiger partial charge in [-0.2, -0.15) is 5.10 Å². The molecule has 2 amide bonds. The van der Waals surface area contributed by atoms with E-state index in [1.165, 1.54) is 0 Å². The van der Waals surface area contributed by atoms with E-state index in [1.807, 2.05) is 41.3 Å². The van der Waals surface area contributed by atoms with Crippen molar-refractivity contribution in [2.75, 3.05) is 39.4 Å². The van der Waals surface area contributed by atoms with Crippen LogP contribution in [0.5, 0.6) is 0 Å². The zero-order valence-corrected chi connectivity index (χ0v) is 15.3. The Bertz CT molecular complexity index is 799. The van der Waals surface area contributed by atoms with Crippen molar-refractivity contribution in [3.8, 4) is 0 Å². The summed E-state index contributed by atoms with van der Waals surface area (Å²) in [6.07, 6.45) is 1.92. The summed E-state index contributed by atoms with van der Waals surface area (Å²) in [5.41, 5.74) is 2.08. The maximum atomic E-state index is 12.7. The van der Waals surface area contributed by atoms with E-state index < -0.39 is 0 Å². The number of carbonyl (C=O) groups excluding carboxylic acids is 2. The number of likely N-dealkylation sites (tertiary alicyclic amines) is 1. The van der Waals surface area contributed by atoms with Crippen LogP contribution in [0.25, 0.3) is 0 Å². The number of piperidine rings is 1. The second-order valence-electron chi connectivity index (χ2n) is 7.07. The van der Waals surface area contributed by atoms with Crippen LogP contribution < -0.4 is 0 Å². The molecule has 2 fully saturated rings. The van der Waals surface area contributed by atoms with Crippen molar-refractivity contribution in [2.45, 2.75) is 18.8 Å². The molecule has 142 valence electrons. The summed E-state index contributed by atoms with van der Waals surface area (Å²) in [7, 11) is 0. The number of benzene rings is 1. The minimum absolute atomic E-state index is 0.0597. The van der Waals surface area contributed by atoms with E-state index in [4.69, 9.17) is 4.74 Å². The third-order valence-corrected chi connectivity index (χ3v) is 5.28. The van der Waals surface area contributed by atoms with Crippen molar-refractivity contribution in [3.05, 3.63) is 53.3 Å². The highest BCUT2D eigenvalue weighted by Crippen LogP contribution is 2.27. The molecule has 3 heterocycles. The van der Waals surface area contributed by atoms with Crippen LogP contribution in [0.4, 0.5) is 0 Å². The number of rotatable bonds is 3. The average Bonchev–Trinajstić information content (AvgIpc) is 3.24. The van der Waals surface area contributed by atoms with Gasteiger partial charge in [-0.05, 0) is 31.0 Å². The van der Waals surface area contributed by atoms with E-state index in [0.29, 0.717) is 44.1 Å². The zero-order valence-electron chi connectivity index (χ0n) is 15.3. The lowest BCUT2D eigenvalue weighted by Crippen LogP contribution is -2.40. The lowest BCUT2D eigenvalue weighted by atomic mass is 9.94. The summed E-state index contributed by atoms with van der Waals surface area (Å²) in [5.74, 6) is 0.170. The van der Waals surface area contributed by atoms with Gasteiger partial charge in [0.2, 0.25) is 0 Å². The van der Waals surface area contributed by atoms with Gasteiger partial charge >= 0.3 is 0 Å². The van der Waals surface area contributed by atoms with E-state index in [0.717, 1.165) is 25.1 Å². The summed E-state index contributed by atoms with van der Waals surface area (Å²) in [6, 6.07) is 11.2. The van der Waals surface area contributed by atoms with Crippen molar-refractivity contribution in [1.29, 1.82) is 0 Å². The molecule has 2 saturated heterocycles. The Morgan fingerprint density at radius 1 is 1.04 bits per heavy atom. The summed E-state index contributed by atoms with van der Waals surface area (Å²) < 4.78 is 5.30. The molecule has 7 heteroatoms. The molecule has 1 aromatic heterocycles. The van der Waals surface area contributed by atoms with E-state index in [1.54, 1.807) is 4.90 Å². The molecule has 2 aromatic rings. The largest absolute Gasteiger partial charge is 0.378 e. The molecule has 1 aromatic carbocycles. The van der Waals surface area contributed by atoms with Gasteiger partial charge < -0.3 is 14.5 Å². The van der Waals surface area contributed by atoms with Crippen molar-refractivity contribution in [3.63, 3.8) is 0 Å². The number of H-pyrrole nitrogens is 1. The first-order chi connectivity index (χ1) is 13.2. The standard InChI is InChI=1S/C20H24N4O3/c25-19(15-5-2-1-3-6-15)24-8-4-7-16(14-24)17-13-18(22-21-17)20(26)23-9-11-27-12-10-23/h1-3,5-6,13,16H,4,7-12,14H2,(H,21,22).